The molecule has 0 atom stereocenters. The van der Waals surface area contributed by atoms with Gasteiger partial charge in [0.25, 0.3) is 0 Å². The number of hydrogen-bond acceptors (Lipinski definition) is 6. The number of hydrogen-bond donors (Lipinski definition) is 1. The number of carbonyl (C=O) groups excluding carboxylic acids is 1. The van der Waals surface area contributed by atoms with Crippen molar-refractivity contribution >= 4 is 40.5 Å². The quantitative estimate of drug-likeness (QED) is 0.394. The molecule has 0 spiro atoms. The largest absolute Gasteiger partial charge is 0.497 e. The molecule has 1 saturated heterocycles. The van der Waals surface area contributed by atoms with Crippen LogP contribution in [0, 0.1) is 0 Å². The fourth-order valence-corrected chi connectivity index (χ4v) is 4.11. The van der Waals surface area contributed by atoms with Crippen LogP contribution >= 0.6 is 11.6 Å². The molecule has 1 aromatic heterocycles. The van der Waals surface area contributed by atoms with E-state index in [-0.39, 0.29) is 12.5 Å². The van der Waals surface area contributed by atoms with E-state index in [1.807, 2.05) is 94.7 Å². The van der Waals surface area contributed by atoms with Gasteiger partial charge in [-0.1, -0.05) is 35.9 Å². The lowest BCUT2D eigenvalue weighted by Gasteiger charge is -2.35. The van der Waals surface area contributed by atoms with Crippen LogP contribution in [0.4, 0.5) is 23.0 Å². The topological polar surface area (TPSA) is 70.6 Å². The van der Waals surface area contributed by atoms with Crippen LogP contribution in [0.1, 0.15) is 0 Å². The van der Waals surface area contributed by atoms with E-state index in [4.69, 9.17) is 26.3 Å². The van der Waals surface area contributed by atoms with Crippen LogP contribution in [0.2, 0.25) is 5.02 Å². The number of benzene rings is 3. The molecule has 1 fully saturated rings. The van der Waals surface area contributed by atoms with Crippen molar-refractivity contribution in [2.75, 3.05) is 41.9 Å². The maximum Gasteiger partial charge on any atom is 0.246 e. The number of carbonyl (C=O) groups is 1. The van der Waals surface area contributed by atoms with Crippen molar-refractivity contribution in [1.29, 1.82) is 0 Å². The zero-order valence-corrected chi connectivity index (χ0v) is 19.9. The van der Waals surface area contributed by atoms with E-state index in [0.717, 1.165) is 22.7 Å². The molecule has 0 aliphatic carbocycles. The minimum absolute atomic E-state index is 0.0245. The number of piperazine rings is 1. The summed E-state index contributed by atoms with van der Waals surface area (Å²) in [6.45, 7) is 1.45. The van der Waals surface area contributed by atoms with Crippen LogP contribution in [0.15, 0.2) is 84.9 Å². The fraction of sp³-hybridized carbons (Fsp3) is 0.148. The first-order valence-electron chi connectivity index (χ1n) is 11.3. The molecule has 7 nitrogen and oxygen atoms in total. The Labute approximate surface area is 209 Å². The van der Waals surface area contributed by atoms with Crippen LogP contribution in [0.3, 0.4) is 0 Å². The molecule has 176 valence electrons. The second kappa shape index (κ2) is 10.0. The van der Waals surface area contributed by atoms with Crippen LogP contribution in [0.25, 0.3) is 11.4 Å². The van der Waals surface area contributed by atoms with Crippen LogP contribution in [0.5, 0.6) is 5.75 Å². The number of ether oxygens (including phenoxy) is 1. The Bertz CT molecular complexity index is 1330. The summed E-state index contributed by atoms with van der Waals surface area (Å²) in [7, 11) is 1.63. The number of rotatable bonds is 6. The van der Waals surface area contributed by atoms with E-state index in [0.29, 0.717) is 35.6 Å². The minimum Gasteiger partial charge on any atom is -0.497 e. The van der Waals surface area contributed by atoms with Gasteiger partial charge in [-0.15, -0.1) is 0 Å². The number of nitrogens with one attached hydrogen (secondary N) is 1. The predicted octanol–water partition coefficient (Wildman–Crippen LogP) is 5.40. The number of aromatic nitrogens is 2. The van der Waals surface area contributed by atoms with E-state index >= 15 is 0 Å². The Balaban J connectivity index is 1.46. The third-order valence-corrected chi connectivity index (χ3v) is 6.02. The van der Waals surface area contributed by atoms with Crippen LogP contribution in [-0.2, 0) is 4.79 Å². The Kier molecular flexibility index (Phi) is 6.50. The molecule has 35 heavy (non-hydrogen) atoms. The second-order valence-electron chi connectivity index (χ2n) is 8.10. The number of nitrogens with zero attached hydrogens (tertiary/aromatic N) is 4. The molecule has 0 bridgehead atoms. The van der Waals surface area contributed by atoms with Gasteiger partial charge in [0.15, 0.2) is 5.82 Å². The van der Waals surface area contributed by atoms with Crippen LogP contribution in [-0.4, -0.2) is 42.6 Å². The standard InChI is InChI=1S/C27H24ClN5O2/c1-35-23-9-5-6-21(16-23)29-24-17-25(31-27(30-24)19-10-12-20(28)13-11-19)32-14-15-33(26(34)18-32)22-7-3-2-4-8-22/h2-13,16-17H,14-15,18H2,1H3,(H,29,30,31). The molecule has 0 saturated carbocycles. The molecule has 1 N–H and O–H groups in total. The molecule has 1 amide bonds. The van der Waals surface area contributed by atoms with Gasteiger partial charge in [0.2, 0.25) is 5.91 Å². The summed E-state index contributed by atoms with van der Waals surface area (Å²) in [4.78, 5) is 26.3. The molecule has 0 radical (unpaired) electrons. The Morgan fingerprint density at radius 2 is 1.71 bits per heavy atom. The first kappa shape index (κ1) is 22.7. The van der Waals surface area contributed by atoms with Crippen LogP contribution < -0.4 is 19.9 Å². The predicted molar refractivity (Wildman–Crippen MR) is 140 cm³/mol. The second-order valence-corrected chi connectivity index (χ2v) is 8.54. The molecule has 0 unspecified atom stereocenters. The monoisotopic (exact) mass is 485 g/mol. The summed E-state index contributed by atoms with van der Waals surface area (Å²) in [5, 5.41) is 3.99. The molecule has 4 aromatic rings. The van der Waals surface area contributed by atoms with Gasteiger partial charge in [0.05, 0.1) is 13.7 Å². The van der Waals surface area contributed by atoms with Crippen molar-refractivity contribution in [1.82, 2.24) is 9.97 Å². The Hall–Kier alpha value is -4.10. The third-order valence-electron chi connectivity index (χ3n) is 5.77. The summed E-state index contributed by atoms with van der Waals surface area (Å²) in [5.74, 6) is 2.60. The van der Waals surface area contributed by atoms with Gasteiger partial charge < -0.3 is 19.9 Å². The van der Waals surface area contributed by atoms with Gasteiger partial charge in [0, 0.05) is 47.2 Å². The zero-order valence-electron chi connectivity index (χ0n) is 19.2. The molecule has 5 rings (SSSR count). The average molecular weight is 486 g/mol. The van der Waals surface area contributed by atoms with Crippen molar-refractivity contribution in [2.24, 2.45) is 0 Å². The third kappa shape index (κ3) is 5.20. The highest BCUT2D eigenvalue weighted by molar-refractivity contribution is 6.30. The van der Waals surface area contributed by atoms with Crippen molar-refractivity contribution in [2.45, 2.75) is 0 Å². The first-order chi connectivity index (χ1) is 17.1. The lowest BCUT2D eigenvalue weighted by Crippen LogP contribution is -2.51. The zero-order chi connectivity index (χ0) is 24.2. The molecule has 8 heteroatoms. The maximum absolute atomic E-state index is 13.0. The normalized spacial score (nSPS) is 13.6. The number of para-hydroxylation sites is 1. The summed E-state index contributed by atoms with van der Waals surface area (Å²) in [5.41, 5.74) is 2.57. The van der Waals surface area contributed by atoms with Gasteiger partial charge in [-0.25, -0.2) is 9.97 Å². The maximum atomic E-state index is 13.0. The summed E-state index contributed by atoms with van der Waals surface area (Å²) < 4.78 is 5.34. The highest BCUT2D eigenvalue weighted by atomic mass is 35.5. The Morgan fingerprint density at radius 3 is 2.46 bits per heavy atom. The highest BCUT2D eigenvalue weighted by Crippen LogP contribution is 2.28. The van der Waals surface area contributed by atoms with Crippen molar-refractivity contribution in [3.8, 4) is 17.1 Å². The van der Waals surface area contributed by atoms with E-state index < -0.39 is 0 Å². The number of halogens is 1. The van der Waals surface area contributed by atoms with E-state index in [9.17, 15) is 4.79 Å². The SMILES string of the molecule is COc1cccc(Nc2cc(N3CCN(c4ccccc4)C(=O)C3)nc(-c3ccc(Cl)cc3)n2)c1. The minimum atomic E-state index is 0.0245. The van der Waals surface area contributed by atoms with Crippen molar-refractivity contribution < 1.29 is 9.53 Å². The number of amides is 1. The summed E-state index contributed by atoms with van der Waals surface area (Å²) in [6, 6.07) is 26.6. The average Bonchev–Trinajstić information content (AvgIpc) is 2.89. The molecule has 1 aliphatic heterocycles. The van der Waals surface area contributed by atoms with E-state index in [2.05, 4.69) is 5.32 Å². The summed E-state index contributed by atoms with van der Waals surface area (Å²) >= 11 is 6.08. The fourth-order valence-electron chi connectivity index (χ4n) is 3.99. The molecule has 1 aliphatic rings. The van der Waals surface area contributed by atoms with Gasteiger partial charge >= 0.3 is 0 Å². The number of anilines is 4. The van der Waals surface area contributed by atoms with E-state index in [1.54, 1.807) is 7.11 Å². The molecule has 2 heterocycles. The smallest absolute Gasteiger partial charge is 0.246 e. The van der Waals surface area contributed by atoms with Gasteiger partial charge in [-0.3, -0.25) is 4.79 Å². The highest BCUT2D eigenvalue weighted by Gasteiger charge is 2.26. The lowest BCUT2D eigenvalue weighted by atomic mass is 10.2. The molecular weight excluding hydrogens is 462 g/mol. The molecular formula is C27H24ClN5O2. The molecule has 3 aromatic carbocycles. The van der Waals surface area contributed by atoms with Crippen molar-refractivity contribution in [3.63, 3.8) is 0 Å². The van der Waals surface area contributed by atoms with E-state index in [1.165, 1.54) is 0 Å². The van der Waals surface area contributed by atoms with Crippen molar-refractivity contribution in [3.05, 3.63) is 90.0 Å². The lowest BCUT2D eigenvalue weighted by molar-refractivity contribution is -0.117. The Morgan fingerprint density at radius 1 is 0.914 bits per heavy atom. The first-order valence-corrected chi connectivity index (χ1v) is 11.6. The number of methoxy groups -OCH3 is 1. The van der Waals surface area contributed by atoms with Gasteiger partial charge in [0.1, 0.15) is 17.4 Å². The van der Waals surface area contributed by atoms with Gasteiger partial charge in [-0.2, -0.15) is 0 Å². The summed E-state index contributed by atoms with van der Waals surface area (Å²) in [6.07, 6.45) is 0. The van der Waals surface area contributed by atoms with Gasteiger partial charge in [-0.05, 0) is 48.5 Å².